The van der Waals surface area contributed by atoms with Gasteiger partial charge in [-0.15, -0.1) is 0 Å². The summed E-state index contributed by atoms with van der Waals surface area (Å²) < 4.78 is 0. The number of rotatable bonds is 3. The minimum absolute atomic E-state index is 0.308. The predicted molar refractivity (Wildman–Crippen MR) is 114 cm³/mol. The third-order valence-corrected chi connectivity index (χ3v) is 6.04. The smallest absolute Gasteiger partial charge is 0.324 e. The number of imide groups is 1. The molecule has 2 N–H and O–H groups in total. The number of benzene rings is 3. The molecule has 1 aliphatic carbocycles. The number of fused-ring (bicyclic) bond motifs is 2. The second-order valence-corrected chi connectivity index (χ2v) is 7.92. The maximum absolute atomic E-state index is 13.2. The van der Waals surface area contributed by atoms with Crippen molar-refractivity contribution in [3.63, 3.8) is 0 Å². The van der Waals surface area contributed by atoms with Gasteiger partial charge in [0.1, 0.15) is 12.1 Å². The highest BCUT2D eigenvalue weighted by Gasteiger charge is 2.52. The Morgan fingerprint density at radius 3 is 2.57 bits per heavy atom. The number of anilines is 1. The van der Waals surface area contributed by atoms with E-state index in [1.165, 1.54) is 5.56 Å². The molecule has 1 fully saturated rings. The van der Waals surface area contributed by atoms with Crippen LogP contribution in [-0.4, -0.2) is 34.8 Å². The van der Waals surface area contributed by atoms with Gasteiger partial charge in [-0.25, -0.2) is 4.79 Å². The minimum Gasteiger partial charge on any atom is -0.324 e. The summed E-state index contributed by atoms with van der Waals surface area (Å²) in [5, 5.41) is 7.63. The zero-order valence-corrected chi connectivity index (χ0v) is 16.4. The number of carbonyl (C=O) groups is 3. The number of nitrogens with zero attached hydrogens (tertiary/aromatic N) is 1. The Hall–Kier alpha value is -3.67. The molecular formula is C24H21N3O3. The third-order valence-electron chi connectivity index (χ3n) is 6.04. The van der Waals surface area contributed by atoms with Crippen LogP contribution in [0.5, 0.6) is 0 Å². The van der Waals surface area contributed by atoms with Crippen LogP contribution >= 0.6 is 0 Å². The van der Waals surface area contributed by atoms with E-state index >= 15 is 0 Å². The summed E-state index contributed by atoms with van der Waals surface area (Å²) >= 11 is 0. The molecule has 0 bridgehead atoms. The summed E-state index contributed by atoms with van der Waals surface area (Å²) in [7, 11) is 0. The topological polar surface area (TPSA) is 78.5 Å². The SMILES string of the molecule is O=C(CN1C(=O)NC2(CCc3ccccc3C2)C1=O)Nc1cccc2ccccc12. The third kappa shape index (κ3) is 3.01. The lowest BCUT2D eigenvalue weighted by Gasteiger charge is -2.32. The summed E-state index contributed by atoms with van der Waals surface area (Å²) in [6, 6.07) is 20.8. The Labute approximate surface area is 173 Å². The lowest BCUT2D eigenvalue weighted by Crippen LogP contribution is -2.51. The first-order valence-corrected chi connectivity index (χ1v) is 10.0. The molecule has 1 atom stereocenters. The van der Waals surface area contributed by atoms with Gasteiger partial charge in [-0.3, -0.25) is 14.5 Å². The molecule has 3 aromatic carbocycles. The molecule has 150 valence electrons. The van der Waals surface area contributed by atoms with Gasteiger partial charge < -0.3 is 10.6 Å². The molecule has 30 heavy (non-hydrogen) atoms. The monoisotopic (exact) mass is 399 g/mol. The summed E-state index contributed by atoms with van der Waals surface area (Å²) in [5.41, 5.74) is 1.98. The molecule has 6 heteroatoms. The van der Waals surface area contributed by atoms with Gasteiger partial charge in [0.25, 0.3) is 5.91 Å². The van der Waals surface area contributed by atoms with Crippen molar-refractivity contribution in [2.45, 2.75) is 24.8 Å². The van der Waals surface area contributed by atoms with Gasteiger partial charge in [-0.1, -0.05) is 60.7 Å². The molecule has 1 unspecified atom stereocenters. The van der Waals surface area contributed by atoms with Crippen molar-refractivity contribution in [3.05, 3.63) is 77.9 Å². The highest BCUT2D eigenvalue weighted by Crippen LogP contribution is 2.33. The molecule has 1 heterocycles. The lowest BCUT2D eigenvalue weighted by atomic mass is 9.78. The number of urea groups is 1. The average Bonchev–Trinajstić information content (AvgIpc) is 2.98. The van der Waals surface area contributed by atoms with Gasteiger partial charge in [0.15, 0.2) is 0 Å². The molecule has 6 nitrogen and oxygen atoms in total. The van der Waals surface area contributed by atoms with E-state index < -0.39 is 17.5 Å². The van der Waals surface area contributed by atoms with Crippen molar-refractivity contribution in [2.24, 2.45) is 0 Å². The van der Waals surface area contributed by atoms with Gasteiger partial charge >= 0.3 is 6.03 Å². The van der Waals surface area contributed by atoms with E-state index in [4.69, 9.17) is 0 Å². The van der Waals surface area contributed by atoms with E-state index in [1.807, 2.05) is 60.7 Å². The van der Waals surface area contributed by atoms with Gasteiger partial charge in [0.05, 0.1) is 0 Å². The Morgan fingerprint density at radius 2 is 1.70 bits per heavy atom. The largest absolute Gasteiger partial charge is 0.325 e. The van der Waals surface area contributed by atoms with Crippen molar-refractivity contribution < 1.29 is 14.4 Å². The number of nitrogens with one attached hydrogen (secondary N) is 2. The van der Waals surface area contributed by atoms with Crippen molar-refractivity contribution in [1.29, 1.82) is 0 Å². The maximum Gasteiger partial charge on any atom is 0.325 e. The van der Waals surface area contributed by atoms with Crippen molar-refractivity contribution in [2.75, 3.05) is 11.9 Å². The molecule has 5 rings (SSSR count). The minimum atomic E-state index is -0.953. The molecule has 2 aliphatic rings. The van der Waals surface area contributed by atoms with Gasteiger partial charge in [0, 0.05) is 17.5 Å². The Balaban J connectivity index is 1.34. The molecule has 0 radical (unpaired) electrons. The molecule has 4 amide bonds. The fourth-order valence-electron chi connectivity index (χ4n) is 4.51. The predicted octanol–water partition coefficient (Wildman–Crippen LogP) is 3.26. The zero-order chi connectivity index (χ0) is 20.7. The van der Waals surface area contributed by atoms with Gasteiger partial charge in [-0.2, -0.15) is 0 Å². The molecular weight excluding hydrogens is 378 g/mol. The Kier molecular flexibility index (Phi) is 4.28. The molecule has 1 aliphatic heterocycles. The van der Waals surface area contributed by atoms with E-state index in [0.29, 0.717) is 18.5 Å². The van der Waals surface area contributed by atoms with Gasteiger partial charge in [0.2, 0.25) is 5.91 Å². The van der Waals surface area contributed by atoms with Crippen LogP contribution in [0.1, 0.15) is 17.5 Å². The number of hydrogen-bond donors (Lipinski definition) is 2. The first kappa shape index (κ1) is 18.4. The number of hydrogen-bond acceptors (Lipinski definition) is 3. The summed E-state index contributed by atoms with van der Waals surface area (Å²) in [6.45, 7) is -0.308. The van der Waals surface area contributed by atoms with Crippen LogP contribution in [0.4, 0.5) is 10.5 Å². The number of carbonyl (C=O) groups excluding carboxylic acids is 3. The van der Waals surface area contributed by atoms with Crippen molar-refractivity contribution in [3.8, 4) is 0 Å². The average molecular weight is 399 g/mol. The van der Waals surface area contributed by atoms with E-state index in [0.717, 1.165) is 27.7 Å². The first-order chi connectivity index (χ1) is 14.6. The molecule has 3 aromatic rings. The second-order valence-electron chi connectivity index (χ2n) is 7.92. The quantitative estimate of drug-likeness (QED) is 0.664. The summed E-state index contributed by atoms with van der Waals surface area (Å²) in [4.78, 5) is 39.5. The van der Waals surface area contributed by atoms with Crippen molar-refractivity contribution in [1.82, 2.24) is 10.2 Å². The fraction of sp³-hybridized carbons (Fsp3) is 0.208. The normalized spacial score (nSPS) is 20.3. The van der Waals surface area contributed by atoms with Crippen LogP contribution in [0.15, 0.2) is 66.7 Å². The zero-order valence-electron chi connectivity index (χ0n) is 16.4. The van der Waals surface area contributed by atoms with Crippen LogP contribution in [0, 0.1) is 0 Å². The molecule has 0 saturated carbocycles. The van der Waals surface area contributed by atoms with E-state index in [-0.39, 0.29) is 12.5 Å². The van der Waals surface area contributed by atoms with Gasteiger partial charge in [-0.05, 0) is 35.4 Å². The lowest BCUT2D eigenvalue weighted by molar-refractivity contribution is -0.134. The van der Waals surface area contributed by atoms with E-state index in [1.54, 1.807) is 0 Å². The molecule has 0 aromatic heterocycles. The highest BCUT2D eigenvalue weighted by atomic mass is 16.2. The number of amides is 4. The Morgan fingerprint density at radius 1 is 0.967 bits per heavy atom. The number of aryl methyl sites for hydroxylation is 1. The Bertz CT molecular complexity index is 1180. The summed E-state index contributed by atoms with van der Waals surface area (Å²) in [5.74, 6) is -0.724. The van der Waals surface area contributed by atoms with Crippen molar-refractivity contribution >= 4 is 34.3 Å². The summed E-state index contributed by atoms with van der Waals surface area (Å²) in [6.07, 6.45) is 1.71. The maximum atomic E-state index is 13.2. The van der Waals surface area contributed by atoms with Crippen LogP contribution in [0.25, 0.3) is 10.8 Å². The van der Waals surface area contributed by atoms with Crippen LogP contribution in [-0.2, 0) is 22.4 Å². The fourth-order valence-corrected chi connectivity index (χ4v) is 4.51. The standard InChI is InChI=1S/C24H21N3O3/c28-21(25-20-11-5-9-17-7-3-4-10-19(17)20)15-27-22(29)24(26-23(27)30)13-12-16-6-1-2-8-18(16)14-24/h1-11H,12-15H2,(H,25,28)(H,26,30). The molecule has 1 saturated heterocycles. The highest BCUT2D eigenvalue weighted by molar-refractivity contribution is 6.11. The van der Waals surface area contributed by atoms with Crippen LogP contribution < -0.4 is 10.6 Å². The first-order valence-electron chi connectivity index (χ1n) is 10.0. The van der Waals surface area contributed by atoms with Crippen LogP contribution in [0.3, 0.4) is 0 Å². The molecule has 1 spiro atoms. The van der Waals surface area contributed by atoms with E-state index in [9.17, 15) is 14.4 Å². The van der Waals surface area contributed by atoms with Crippen LogP contribution in [0.2, 0.25) is 0 Å². The van der Waals surface area contributed by atoms with E-state index in [2.05, 4.69) is 16.7 Å². The second kappa shape index (κ2) is 6.99.